The Morgan fingerprint density at radius 2 is 2.00 bits per heavy atom. The largest absolute Gasteiger partial charge is 0.469 e. The molecule has 0 aromatic heterocycles. The maximum absolute atomic E-state index is 11.5. The van der Waals surface area contributed by atoms with Gasteiger partial charge in [0.1, 0.15) is 0 Å². The number of methoxy groups -OCH3 is 1. The van der Waals surface area contributed by atoms with Crippen molar-refractivity contribution in [3.63, 3.8) is 0 Å². The Bertz CT molecular complexity index is 244. The van der Waals surface area contributed by atoms with Gasteiger partial charge in [-0.15, -0.1) is 12.4 Å². The van der Waals surface area contributed by atoms with Gasteiger partial charge in [-0.05, 0) is 38.1 Å². The Balaban J connectivity index is 0.00000112. The van der Waals surface area contributed by atoms with Gasteiger partial charge in [-0.25, -0.2) is 0 Å². The maximum atomic E-state index is 11.5. The van der Waals surface area contributed by atoms with E-state index < -0.39 is 0 Å². The van der Waals surface area contributed by atoms with Crippen LogP contribution in [-0.2, 0) is 9.53 Å². The first-order valence-corrected chi connectivity index (χ1v) is 5.38. The van der Waals surface area contributed by atoms with Gasteiger partial charge in [0.25, 0.3) is 0 Å². The van der Waals surface area contributed by atoms with Crippen LogP contribution in [0.25, 0.3) is 0 Å². The molecule has 0 heterocycles. The van der Waals surface area contributed by atoms with E-state index in [0.717, 1.165) is 25.7 Å². The van der Waals surface area contributed by atoms with Crippen molar-refractivity contribution in [3.8, 4) is 0 Å². The molecule has 3 saturated carbocycles. The molecule has 0 aromatic carbocycles. The van der Waals surface area contributed by atoms with E-state index in [1.54, 1.807) is 0 Å². The van der Waals surface area contributed by atoms with Gasteiger partial charge in [0.05, 0.1) is 12.5 Å². The Hall–Kier alpha value is -0.280. The smallest absolute Gasteiger partial charge is 0.311 e. The number of rotatable bonds is 4. The lowest BCUT2D eigenvalue weighted by atomic mass is 9.33. The minimum absolute atomic E-state index is 0. The van der Waals surface area contributed by atoms with Crippen molar-refractivity contribution >= 4 is 18.4 Å². The molecule has 0 unspecified atom stereocenters. The van der Waals surface area contributed by atoms with Gasteiger partial charge in [-0.2, -0.15) is 0 Å². The summed E-state index contributed by atoms with van der Waals surface area (Å²) in [4.78, 5) is 11.5. The highest BCUT2D eigenvalue weighted by Gasteiger charge is 2.73. The molecule has 0 radical (unpaired) electrons. The van der Waals surface area contributed by atoms with E-state index in [9.17, 15) is 4.79 Å². The molecule has 3 aliphatic carbocycles. The third kappa shape index (κ3) is 1.48. The van der Waals surface area contributed by atoms with Crippen LogP contribution in [-0.4, -0.2) is 26.2 Å². The molecule has 88 valence electrons. The first-order chi connectivity index (χ1) is 6.62. The second-order valence-electron chi connectivity index (χ2n) is 4.91. The highest BCUT2D eigenvalue weighted by molar-refractivity contribution is 5.85. The molecule has 3 nitrogen and oxygen atoms in total. The van der Waals surface area contributed by atoms with Crippen LogP contribution in [0.1, 0.15) is 32.6 Å². The minimum atomic E-state index is -0.0843. The molecule has 0 aliphatic heterocycles. The molecule has 0 amide bonds. The summed E-state index contributed by atoms with van der Waals surface area (Å²) in [5.41, 5.74) is 0.330. The molecule has 3 rings (SSSR count). The number of ether oxygens (including phenoxy) is 1. The van der Waals surface area contributed by atoms with Crippen molar-refractivity contribution in [1.82, 2.24) is 5.32 Å². The number of halogens is 1. The molecule has 4 heteroatoms. The fourth-order valence-corrected chi connectivity index (χ4v) is 3.61. The van der Waals surface area contributed by atoms with E-state index >= 15 is 0 Å². The van der Waals surface area contributed by atoms with E-state index in [1.165, 1.54) is 7.11 Å². The normalized spacial score (nSPS) is 38.1. The highest BCUT2D eigenvalue weighted by atomic mass is 35.5. The Morgan fingerprint density at radius 1 is 1.47 bits per heavy atom. The van der Waals surface area contributed by atoms with Gasteiger partial charge in [0.15, 0.2) is 0 Å². The zero-order chi connectivity index (χ0) is 10.4. The maximum Gasteiger partial charge on any atom is 0.311 e. The summed E-state index contributed by atoms with van der Waals surface area (Å²) >= 11 is 0. The lowest BCUT2D eigenvalue weighted by Crippen LogP contribution is -2.71. The molecule has 0 spiro atoms. The lowest BCUT2D eigenvalue weighted by molar-refractivity contribution is -0.235. The minimum Gasteiger partial charge on any atom is -0.469 e. The quantitative estimate of drug-likeness (QED) is 0.752. The second kappa shape index (κ2) is 3.95. The van der Waals surface area contributed by atoms with E-state index in [4.69, 9.17) is 4.74 Å². The third-order valence-corrected chi connectivity index (χ3v) is 4.19. The van der Waals surface area contributed by atoms with Crippen molar-refractivity contribution < 1.29 is 9.53 Å². The molecule has 3 aliphatic rings. The topological polar surface area (TPSA) is 38.3 Å². The van der Waals surface area contributed by atoms with E-state index in [2.05, 4.69) is 12.2 Å². The van der Waals surface area contributed by atoms with Crippen LogP contribution >= 0.6 is 12.4 Å². The van der Waals surface area contributed by atoms with Crippen molar-refractivity contribution in [2.75, 3.05) is 14.2 Å². The van der Waals surface area contributed by atoms with Crippen molar-refractivity contribution in [1.29, 1.82) is 0 Å². The van der Waals surface area contributed by atoms with Gasteiger partial charge < -0.3 is 10.1 Å². The van der Waals surface area contributed by atoms with Crippen LogP contribution in [0.3, 0.4) is 0 Å². The SMILES string of the molecule is CC[C@@H](NC)C12CC(C(=O)OC)(C1)C2.Cl. The predicted molar refractivity (Wildman–Crippen MR) is 61.1 cm³/mol. The standard InChI is InChI=1S/C11H19NO2.ClH/c1-4-8(12-2)10-5-11(6-10,7-10)9(13)14-3;/h8,12H,4-7H2,1-3H3;1H/t8-,10?,11?;/m1./s1. The number of nitrogens with one attached hydrogen (secondary N) is 1. The fourth-order valence-electron chi connectivity index (χ4n) is 3.61. The number of hydrogen-bond acceptors (Lipinski definition) is 3. The number of carbonyl (C=O) groups is 1. The van der Waals surface area contributed by atoms with Gasteiger partial charge in [-0.1, -0.05) is 6.92 Å². The average molecular weight is 234 g/mol. The van der Waals surface area contributed by atoms with Crippen LogP contribution < -0.4 is 5.32 Å². The Morgan fingerprint density at radius 3 is 2.33 bits per heavy atom. The van der Waals surface area contributed by atoms with Gasteiger partial charge in [0.2, 0.25) is 0 Å². The number of carbonyl (C=O) groups excluding carboxylic acids is 1. The highest BCUT2D eigenvalue weighted by Crippen LogP contribution is 2.75. The second-order valence-corrected chi connectivity index (χ2v) is 4.91. The van der Waals surface area contributed by atoms with Gasteiger partial charge in [-0.3, -0.25) is 4.79 Å². The first-order valence-electron chi connectivity index (χ1n) is 5.38. The van der Waals surface area contributed by atoms with Crippen molar-refractivity contribution in [2.45, 2.75) is 38.6 Å². The number of esters is 1. The Labute approximate surface area is 97.4 Å². The summed E-state index contributed by atoms with van der Waals surface area (Å²) in [6.07, 6.45) is 4.25. The molecule has 1 atom stereocenters. The summed E-state index contributed by atoms with van der Waals surface area (Å²) in [5, 5.41) is 3.35. The molecular weight excluding hydrogens is 214 g/mol. The molecule has 2 bridgehead atoms. The van der Waals surface area contributed by atoms with Gasteiger partial charge in [0, 0.05) is 6.04 Å². The van der Waals surface area contributed by atoms with E-state index in [1.807, 2.05) is 7.05 Å². The van der Waals surface area contributed by atoms with Gasteiger partial charge >= 0.3 is 5.97 Å². The summed E-state index contributed by atoms with van der Waals surface area (Å²) in [6.45, 7) is 2.20. The number of hydrogen-bond donors (Lipinski definition) is 1. The first kappa shape index (κ1) is 12.8. The average Bonchev–Trinajstić information content (AvgIpc) is 2.07. The zero-order valence-corrected chi connectivity index (χ0v) is 10.4. The van der Waals surface area contributed by atoms with Crippen molar-refractivity contribution in [3.05, 3.63) is 0 Å². The monoisotopic (exact) mass is 233 g/mol. The van der Waals surface area contributed by atoms with Crippen LogP contribution in [0.2, 0.25) is 0 Å². The molecule has 15 heavy (non-hydrogen) atoms. The molecule has 0 aromatic rings. The summed E-state index contributed by atoms with van der Waals surface area (Å²) in [6, 6.07) is 0.578. The summed E-state index contributed by atoms with van der Waals surface area (Å²) < 4.78 is 4.83. The molecule has 3 fully saturated rings. The Kier molecular flexibility index (Phi) is 3.36. The molecule has 1 N–H and O–H groups in total. The predicted octanol–water partition coefficient (Wildman–Crippen LogP) is 1.75. The molecular formula is C11H20ClNO2. The zero-order valence-electron chi connectivity index (χ0n) is 9.63. The van der Waals surface area contributed by atoms with Crippen LogP contribution in [0.5, 0.6) is 0 Å². The van der Waals surface area contributed by atoms with Crippen LogP contribution in [0, 0.1) is 10.8 Å². The van der Waals surface area contributed by atoms with Crippen molar-refractivity contribution in [2.24, 2.45) is 10.8 Å². The van der Waals surface area contributed by atoms with E-state index in [-0.39, 0.29) is 23.8 Å². The summed E-state index contributed by atoms with van der Waals surface area (Å²) in [7, 11) is 3.50. The van der Waals surface area contributed by atoms with E-state index in [0.29, 0.717) is 11.5 Å². The van der Waals surface area contributed by atoms with Crippen LogP contribution in [0.4, 0.5) is 0 Å². The summed E-state index contributed by atoms with van der Waals surface area (Å²) in [5.74, 6) is 0.00494. The fraction of sp³-hybridized carbons (Fsp3) is 0.909. The lowest BCUT2D eigenvalue weighted by Gasteiger charge is -2.71. The van der Waals surface area contributed by atoms with Crippen LogP contribution in [0.15, 0.2) is 0 Å². The third-order valence-electron chi connectivity index (χ3n) is 4.19. The molecule has 0 saturated heterocycles.